The van der Waals surface area contributed by atoms with Crippen molar-refractivity contribution in [1.29, 1.82) is 0 Å². The fourth-order valence-corrected chi connectivity index (χ4v) is 2.57. The highest BCUT2D eigenvalue weighted by atomic mass is 19.4. The van der Waals surface area contributed by atoms with E-state index < -0.39 is 12.1 Å². The van der Waals surface area contributed by atoms with Crippen molar-refractivity contribution in [1.82, 2.24) is 10.2 Å². The highest BCUT2D eigenvalue weighted by Gasteiger charge is 2.43. The quantitative estimate of drug-likeness (QED) is 0.763. The third-order valence-corrected chi connectivity index (χ3v) is 3.61. The van der Waals surface area contributed by atoms with Crippen LogP contribution in [0.5, 0.6) is 0 Å². The van der Waals surface area contributed by atoms with Gasteiger partial charge < -0.3 is 10.2 Å². The van der Waals surface area contributed by atoms with Crippen LogP contribution in [0.3, 0.4) is 0 Å². The predicted octanol–water partition coefficient (Wildman–Crippen LogP) is 1.40. The van der Waals surface area contributed by atoms with Crippen LogP contribution < -0.4 is 5.32 Å². The molecule has 0 aromatic heterocycles. The van der Waals surface area contributed by atoms with Crippen molar-refractivity contribution in [3.8, 4) is 0 Å². The van der Waals surface area contributed by atoms with Crippen LogP contribution in [0.1, 0.15) is 19.3 Å². The van der Waals surface area contributed by atoms with Crippen LogP contribution in [0.25, 0.3) is 0 Å². The molecule has 0 unspecified atom stereocenters. The summed E-state index contributed by atoms with van der Waals surface area (Å²) in [6.45, 7) is 1.71. The summed E-state index contributed by atoms with van der Waals surface area (Å²) in [4.78, 5) is 13.4. The summed E-state index contributed by atoms with van der Waals surface area (Å²) < 4.78 is 37.8. The van der Waals surface area contributed by atoms with Gasteiger partial charge in [0.1, 0.15) is 0 Å². The average Bonchev–Trinajstić information content (AvgIpc) is 2.80. The van der Waals surface area contributed by atoms with Gasteiger partial charge in [-0.2, -0.15) is 13.2 Å². The number of nitrogens with zero attached hydrogens (tertiary/aromatic N) is 1. The molecule has 0 saturated carbocycles. The molecule has 17 heavy (non-hydrogen) atoms. The Hall–Kier alpha value is -0.780. The zero-order valence-electron chi connectivity index (χ0n) is 9.59. The second-order valence-electron chi connectivity index (χ2n) is 4.85. The molecule has 2 aliphatic heterocycles. The Balaban J connectivity index is 1.94. The van der Waals surface area contributed by atoms with Gasteiger partial charge >= 0.3 is 6.18 Å². The van der Waals surface area contributed by atoms with Crippen molar-refractivity contribution in [3.05, 3.63) is 0 Å². The average molecular weight is 250 g/mol. The molecule has 0 spiro atoms. The van der Waals surface area contributed by atoms with Crippen LogP contribution in [-0.2, 0) is 4.79 Å². The Labute approximate surface area is 98.3 Å². The summed E-state index contributed by atoms with van der Waals surface area (Å²) in [5.74, 6) is -1.57. The van der Waals surface area contributed by atoms with Crippen LogP contribution in [0.15, 0.2) is 0 Å². The van der Waals surface area contributed by atoms with E-state index in [-0.39, 0.29) is 24.8 Å². The molecule has 0 aliphatic carbocycles. The summed E-state index contributed by atoms with van der Waals surface area (Å²) in [6.07, 6.45) is -2.83. The van der Waals surface area contributed by atoms with Crippen LogP contribution in [0.4, 0.5) is 13.2 Å². The second-order valence-corrected chi connectivity index (χ2v) is 4.85. The summed E-state index contributed by atoms with van der Waals surface area (Å²) in [7, 11) is 0. The summed E-state index contributed by atoms with van der Waals surface area (Å²) in [5.41, 5.74) is 0. The number of nitrogens with one attached hydrogen (secondary N) is 1. The van der Waals surface area contributed by atoms with Crippen LogP contribution in [-0.4, -0.2) is 43.2 Å². The summed E-state index contributed by atoms with van der Waals surface area (Å²) in [6, 6.07) is 0. The number of piperidine rings is 1. The molecular weight excluding hydrogens is 233 g/mol. The van der Waals surface area contributed by atoms with Gasteiger partial charge in [-0.05, 0) is 25.8 Å². The Kier molecular flexibility index (Phi) is 3.61. The van der Waals surface area contributed by atoms with Gasteiger partial charge in [-0.15, -0.1) is 0 Å². The van der Waals surface area contributed by atoms with Crippen LogP contribution >= 0.6 is 0 Å². The van der Waals surface area contributed by atoms with E-state index in [1.807, 2.05) is 0 Å². The first-order valence-corrected chi connectivity index (χ1v) is 6.04. The van der Waals surface area contributed by atoms with E-state index in [0.29, 0.717) is 19.5 Å². The van der Waals surface area contributed by atoms with Gasteiger partial charge in [0.05, 0.1) is 11.8 Å². The maximum Gasteiger partial charge on any atom is 0.393 e. The first kappa shape index (κ1) is 12.7. The lowest BCUT2D eigenvalue weighted by molar-refractivity contribution is -0.188. The van der Waals surface area contributed by atoms with E-state index in [0.717, 1.165) is 13.0 Å². The molecule has 98 valence electrons. The number of hydrogen-bond acceptors (Lipinski definition) is 2. The van der Waals surface area contributed by atoms with Gasteiger partial charge in [0.2, 0.25) is 5.91 Å². The summed E-state index contributed by atoms with van der Waals surface area (Å²) >= 11 is 0. The molecule has 2 fully saturated rings. The summed E-state index contributed by atoms with van der Waals surface area (Å²) in [5, 5.41) is 3.06. The SMILES string of the molecule is O=C([C@H]1CCNC1)N1CCC[C@H](C(F)(F)F)C1. The Morgan fingerprint density at radius 3 is 2.65 bits per heavy atom. The fourth-order valence-electron chi connectivity index (χ4n) is 2.57. The molecule has 0 radical (unpaired) electrons. The van der Waals surface area contributed by atoms with Gasteiger partial charge in [0, 0.05) is 19.6 Å². The maximum absolute atomic E-state index is 12.6. The number of likely N-dealkylation sites (tertiary alicyclic amines) is 1. The zero-order valence-corrected chi connectivity index (χ0v) is 9.59. The smallest absolute Gasteiger partial charge is 0.342 e. The Bertz CT molecular complexity index is 287. The first-order valence-electron chi connectivity index (χ1n) is 6.04. The molecule has 1 amide bonds. The highest BCUT2D eigenvalue weighted by Crippen LogP contribution is 2.33. The van der Waals surface area contributed by atoms with Crippen molar-refractivity contribution < 1.29 is 18.0 Å². The van der Waals surface area contributed by atoms with E-state index >= 15 is 0 Å². The molecular formula is C11H17F3N2O. The van der Waals surface area contributed by atoms with E-state index in [9.17, 15) is 18.0 Å². The molecule has 0 bridgehead atoms. The third kappa shape index (κ3) is 2.91. The Morgan fingerprint density at radius 1 is 1.29 bits per heavy atom. The lowest BCUT2D eigenvalue weighted by Crippen LogP contribution is -2.47. The van der Waals surface area contributed by atoms with E-state index in [2.05, 4.69) is 5.32 Å². The van der Waals surface area contributed by atoms with Crippen molar-refractivity contribution in [3.63, 3.8) is 0 Å². The standard InChI is InChI=1S/C11H17F3N2O/c12-11(13,14)9-2-1-5-16(7-9)10(17)8-3-4-15-6-8/h8-9,15H,1-7H2/t8-,9-/m0/s1. The normalized spacial score (nSPS) is 30.6. The number of amides is 1. The highest BCUT2D eigenvalue weighted by molar-refractivity contribution is 5.79. The first-order chi connectivity index (χ1) is 7.98. The molecule has 2 saturated heterocycles. The number of halogens is 3. The van der Waals surface area contributed by atoms with Crippen molar-refractivity contribution in [2.45, 2.75) is 25.4 Å². The second kappa shape index (κ2) is 4.84. The molecule has 0 aromatic carbocycles. The van der Waals surface area contributed by atoms with Gasteiger partial charge in [0.15, 0.2) is 0 Å². The molecule has 0 aromatic rings. The number of rotatable bonds is 1. The minimum absolute atomic E-state index is 0.107. The maximum atomic E-state index is 12.6. The molecule has 2 atom stereocenters. The van der Waals surface area contributed by atoms with E-state index in [1.54, 1.807) is 0 Å². The molecule has 2 rings (SSSR count). The Morgan fingerprint density at radius 2 is 2.06 bits per heavy atom. The molecule has 1 N–H and O–H groups in total. The van der Waals surface area contributed by atoms with Crippen LogP contribution in [0, 0.1) is 11.8 Å². The fraction of sp³-hybridized carbons (Fsp3) is 0.909. The zero-order chi connectivity index (χ0) is 12.5. The van der Waals surface area contributed by atoms with Crippen LogP contribution in [0.2, 0.25) is 0 Å². The third-order valence-electron chi connectivity index (χ3n) is 3.61. The van der Waals surface area contributed by atoms with E-state index in [4.69, 9.17) is 0 Å². The van der Waals surface area contributed by atoms with Gasteiger partial charge in [-0.25, -0.2) is 0 Å². The number of hydrogen-bond donors (Lipinski definition) is 1. The largest absolute Gasteiger partial charge is 0.393 e. The lowest BCUT2D eigenvalue weighted by Gasteiger charge is -2.35. The number of carbonyl (C=O) groups excluding carboxylic acids is 1. The van der Waals surface area contributed by atoms with Gasteiger partial charge in [-0.1, -0.05) is 0 Å². The number of alkyl halides is 3. The van der Waals surface area contributed by atoms with Crippen molar-refractivity contribution >= 4 is 5.91 Å². The number of carbonyl (C=O) groups is 1. The monoisotopic (exact) mass is 250 g/mol. The van der Waals surface area contributed by atoms with Gasteiger partial charge in [-0.3, -0.25) is 4.79 Å². The molecule has 2 aliphatic rings. The van der Waals surface area contributed by atoms with Crippen molar-refractivity contribution in [2.24, 2.45) is 11.8 Å². The molecule has 2 heterocycles. The van der Waals surface area contributed by atoms with E-state index in [1.165, 1.54) is 4.90 Å². The predicted molar refractivity (Wildman–Crippen MR) is 56.3 cm³/mol. The van der Waals surface area contributed by atoms with Crippen molar-refractivity contribution in [2.75, 3.05) is 26.2 Å². The van der Waals surface area contributed by atoms with Gasteiger partial charge in [0.25, 0.3) is 0 Å². The molecule has 3 nitrogen and oxygen atoms in total. The lowest BCUT2D eigenvalue weighted by atomic mass is 9.96. The minimum atomic E-state index is -4.17. The minimum Gasteiger partial charge on any atom is -0.342 e. The topological polar surface area (TPSA) is 32.3 Å². The molecule has 6 heteroatoms.